The van der Waals surface area contributed by atoms with Gasteiger partial charge < -0.3 is 10.2 Å². The molecular weight excluding hydrogens is 308 g/mol. The molecule has 2 nitrogen and oxygen atoms in total. The van der Waals surface area contributed by atoms with E-state index in [4.69, 9.17) is 0 Å². The minimum absolute atomic E-state index is 0.371. The topological polar surface area (TPSA) is 40.5 Å². The molecule has 0 saturated heterocycles. The second-order valence-electron chi connectivity index (χ2n) is 8.63. The van der Waals surface area contributed by atoms with E-state index in [9.17, 15) is 10.2 Å². The summed E-state index contributed by atoms with van der Waals surface area (Å²) in [5.74, 6) is 1.33. The van der Waals surface area contributed by atoms with E-state index in [1.165, 1.54) is 37.7 Å². The number of aliphatic hydroxyl groups excluding tert-OH is 2. The van der Waals surface area contributed by atoms with Crippen LogP contribution in [0.25, 0.3) is 0 Å². The predicted molar refractivity (Wildman–Crippen MR) is 104 cm³/mol. The first-order valence-electron chi connectivity index (χ1n) is 9.97. The molecule has 3 saturated carbocycles. The van der Waals surface area contributed by atoms with Crippen LogP contribution in [-0.2, 0) is 0 Å². The molecule has 3 aliphatic rings. The van der Waals surface area contributed by atoms with Crippen molar-refractivity contribution in [3.8, 4) is 0 Å². The molecule has 0 radical (unpaired) electrons. The summed E-state index contributed by atoms with van der Waals surface area (Å²) in [7, 11) is 0. The smallest absolute Gasteiger partial charge is 0.0809 e. The van der Waals surface area contributed by atoms with Crippen molar-refractivity contribution in [2.24, 2.45) is 17.3 Å². The molecule has 2 N–H and O–H groups in total. The van der Waals surface area contributed by atoms with Crippen molar-refractivity contribution in [1.82, 2.24) is 0 Å². The number of allylic oxidation sites excluding steroid dienone is 4. The van der Waals surface area contributed by atoms with Gasteiger partial charge in [0.1, 0.15) is 0 Å². The van der Waals surface area contributed by atoms with Gasteiger partial charge in [0.15, 0.2) is 0 Å². The maximum absolute atomic E-state index is 10.0. The Kier molecular flexibility index (Phi) is 5.41. The molecule has 0 amide bonds. The van der Waals surface area contributed by atoms with Crippen LogP contribution in [0.2, 0.25) is 0 Å². The van der Waals surface area contributed by atoms with Crippen molar-refractivity contribution in [1.29, 1.82) is 0 Å². The zero-order valence-corrected chi connectivity index (χ0v) is 15.9. The van der Waals surface area contributed by atoms with E-state index in [2.05, 4.69) is 39.2 Å². The van der Waals surface area contributed by atoms with Crippen LogP contribution < -0.4 is 0 Å². The second-order valence-corrected chi connectivity index (χ2v) is 8.63. The molecule has 0 unspecified atom stereocenters. The van der Waals surface area contributed by atoms with Gasteiger partial charge in [0.2, 0.25) is 0 Å². The molecule has 0 aromatic rings. The summed E-state index contributed by atoms with van der Waals surface area (Å²) in [5.41, 5.74) is 5.07. The van der Waals surface area contributed by atoms with Crippen molar-refractivity contribution < 1.29 is 10.2 Å². The predicted octanol–water partition coefficient (Wildman–Crippen LogP) is 5.09. The summed E-state index contributed by atoms with van der Waals surface area (Å²) in [6, 6.07) is 0. The van der Waals surface area contributed by atoms with Gasteiger partial charge in [0.05, 0.1) is 12.2 Å². The minimum atomic E-state index is -0.603. The third-order valence-corrected chi connectivity index (χ3v) is 7.21. The van der Waals surface area contributed by atoms with Gasteiger partial charge in [-0.05, 0) is 74.2 Å². The molecule has 0 aromatic carbocycles. The van der Waals surface area contributed by atoms with E-state index in [0.29, 0.717) is 35.7 Å². The Balaban J connectivity index is 1.79. The van der Waals surface area contributed by atoms with E-state index < -0.39 is 12.2 Å². The third kappa shape index (κ3) is 3.44. The van der Waals surface area contributed by atoms with E-state index in [0.717, 1.165) is 12.0 Å². The van der Waals surface area contributed by atoms with Gasteiger partial charge in [-0.25, -0.2) is 0 Å². The van der Waals surface area contributed by atoms with Crippen LogP contribution >= 0.6 is 0 Å². The molecule has 138 valence electrons. The van der Waals surface area contributed by atoms with Crippen molar-refractivity contribution in [3.05, 3.63) is 47.6 Å². The summed E-state index contributed by atoms with van der Waals surface area (Å²) in [5, 5.41) is 20.1. The first-order chi connectivity index (χ1) is 11.9. The fourth-order valence-corrected chi connectivity index (χ4v) is 5.58. The Morgan fingerprint density at radius 3 is 2.52 bits per heavy atom. The molecule has 0 bridgehead atoms. The standard InChI is InChI=1S/C23H34O2/c1-5-15(2)19-10-11-20-18(7-6-12-23(19,20)4)9-8-17-13-21(24)16(3)22(25)14-17/h8-9,19-22,24-25H,2-3,5-7,10-14H2,1,4H3/t19-,20+,21-,22-,23-/m1/s1. The lowest BCUT2D eigenvalue weighted by Gasteiger charge is -2.43. The van der Waals surface area contributed by atoms with E-state index in [1.807, 2.05) is 0 Å². The molecule has 3 fully saturated rings. The molecule has 0 aromatic heterocycles. The molecule has 3 aliphatic carbocycles. The van der Waals surface area contributed by atoms with Gasteiger partial charge in [-0.15, -0.1) is 0 Å². The zero-order chi connectivity index (χ0) is 18.2. The van der Waals surface area contributed by atoms with Crippen molar-refractivity contribution in [2.75, 3.05) is 0 Å². The summed E-state index contributed by atoms with van der Waals surface area (Å²) < 4.78 is 0. The van der Waals surface area contributed by atoms with Gasteiger partial charge in [-0.2, -0.15) is 0 Å². The molecule has 0 spiro atoms. The highest BCUT2D eigenvalue weighted by Crippen LogP contribution is 2.59. The Hall–Kier alpha value is -1.12. The lowest BCUT2D eigenvalue weighted by Crippen LogP contribution is -2.33. The lowest BCUT2D eigenvalue weighted by molar-refractivity contribution is 0.123. The first-order valence-corrected chi connectivity index (χ1v) is 9.97. The Labute approximate surface area is 153 Å². The Morgan fingerprint density at radius 2 is 1.88 bits per heavy atom. The van der Waals surface area contributed by atoms with Crippen LogP contribution in [0.4, 0.5) is 0 Å². The number of rotatable bonds is 3. The molecule has 2 heteroatoms. The third-order valence-electron chi connectivity index (χ3n) is 7.21. The van der Waals surface area contributed by atoms with E-state index in [-0.39, 0.29) is 0 Å². The zero-order valence-electron chi connectivity index (χ0n) is 15.9. The molecule has 5 atom stereocenters. The van der Waals surface area contributed by atoms with Crippen molar-refractivity contribution >= 4 is 0 Å². The van der Waals surface area contributed by atoms with E-state index >= 15 is 0 Å². The number of aliphatic hydroxyl groups is 2. The summed E-state index contributed by atoms with van der Waals surface area (Å²) in [6.07, 6.45) is 11.9. The van der Waals surface area contributed by atoms with E-state index in [1.54, 1.807) is 5.57 Å². The Bertz CT molecular complexity index is 596. The quantitative estimate of drug-likeness (QED) is 0.701. The lowest BCUT2D eigenvalue weighted by atomic mass is 9.62. The monoisotopic (exact) mass is 342 g/mol. The average Bonchev–Trinajstić information content (AvgIpc) is 2.94. The van der Waals surface area contributed by atoms with Gasteiger partial charge in [0.25, 0.3) is 0 Å². The summed E-state index contributed by atoms with van der Waals surface area (Å²) >= 11 is 0. The summed E-state index contributed by atoms with van der Waals surface area (Å²) in [6.45, 7) is 12.9. The molecule has 25 heavy (non-hydrogen) atoms. The van der Waals surface area contributed by atoms with Crippen LogP contribution in [-0.4, -0.2) is 22.4 Å². The highest BCUT2D eigenvalue weighted by Gasteiger charge is 2.49. The molecule has 3 rings (SSSR count). The van der Waals surface area contributed by atoms with Crippen LogP contribution in [0.15, 0.2) is 47.6 Å². The highest BCUT2D eigenvalue weighted by molar-refractivity contribution is 5.30. The Morgan fingerprint density at radius 1 is 1.20 bits per heavy atom. The number of fused-ring (bicyclic) bond motifs is 1. The molecule has 0 heterocycles. The maximum Gasteiger partial charge on any atom is 0.0809 e. The average molecular weight is 343 g/mol. The van der Waals surface area contributed by atoms with Gasteiger partial charge in [0, 0.05) is 0 Å². The SMILES string of the molecule is C=C1[C@H](O)CC(=CC=C2CCC[C@]3(C)[C@@H](C(=C)CC)CC[C@@H]23)C[C@H]1O. The van der Waals surface area contributed by atoms with Gasteiger partial charge >= 0.3 is 0 Å². The number of hydrogen-bond acceptors (Lipinski definition) is 2. The maximum atomic E-state index is 10.0. The molecule has 0 aliphatic heterocycles. The number of hydrogen-bond donors (Lipinski definition) is 2. The van der Waals surface area contributed by atoms with Crippen LogP contribution in [0.3, 0.4) is 0 Å². The van der Waals surface area contributed by atoms with Crippen LogP contribution in [0, 0.1) is 17.3 Å². The van der Waals surface area contributed by atoms with Crippen LogP contribution in [0.1, 0.15) is 65.2 Å². The van der Waals surface area contributed by atoms with Crippen molar-refractivity contribution in [2.45, 2.75) is 77.4 Å². The fraction of sp³-hybridized carbons (Fsp3) is 0.652. The van der Waals surface area contributed by atoms with Crippen molar-refractivity contribution in [3.63, 3.8) is 0 Å². The fourth-order valence-electron chi connectivity index (χ4n) is 5.58. The normalized spacial score (nSPS) is 40.2. The van der Waals surface area contributed by atoms with Gasteiger partial charge in [-0.1, -0.05) is 55.9 Å². The first kappa shape index (κ1) is 18.7. The minimum Gasteiger partial charge on any atom is -0.388 e. The largest absolute Gasteiger partial charge is 0.388 e. The highest BCUT2D eigenvalue weighted by atomic mass is 16.3. The summed E-state index contributed by atoms with van der Waals surface area (Å²) in [4.78, 5) is 0. The second kappa shape index (κ2) is 7.25. The molecular formula is C23H34O2. The van der Waals surface area contributed by atoms with Crippen LogP contribution in [0.5, 0.6) is 0 Å². The van der Waals surface area contributed by atoms with Gasteiger partial charge in [-0.3, -0.25) is 0 Å².